The molecule has 0 aliphatic carbocycles. The van der Waals surface area contributed by atoms with E-state index in [1.165, 1.54) is 18.4 Å². The van der Waals surface area contributed by atoms with Crippen LogP contribution < -0.4 is 0 Å². The molecule has 0 saturated carbocycles. The molecule has 80 valence electrons. The average molecular weight is 192 g/mol. The number of rotatable bonds is 6. The predicted molar refractivity (Wildman–Crippen MR) is 66.4 cm³/mol. The van der Waals surface area contributed by atoms with Gasteiger partial charge in [0.1, 0.15) is 0 Å². The van der Waals surface area contributed by atoms with E-state index in [9.17, 15) is 0 Å². The summed E-state index contributed by atoms with van der Waals surface area (Å²) in [7, 11) is 0. The summed E-state index contributed by atoms with van der Waals surface area (Å²) in [6.45, 7) is 12.7. The molecule has 0 aromatic heterocycles. The van der Waals surface area contributed by atoms with E-state index >= 15 is 0 Å². The molecule has 0 aromatic carbocycles. The first-order valence-corrected chi connectivity index (χ1v) is 5.57. The molecule has 1 atom stereocenters. The lowest BCUT2D eigenvalue weighted by Crippen LogP contribution is -2.08. The Morgan fingerprint density at radius 3 is 2.43 bits per heavy atom. The Morgan fingerprint density at radius 1 is 1.36 bits per heavy atom. The molecule has 0 radical (unpaired) electrons. The van der Waals surface area contributed by atoms with Crippen LogP contribution in [0.5, 0.6) is 0 Å². The van der Waals surface area contributed by atoms with Gasteiger partial charge < -0.3 is 0 Å². The Morgan fingerprint density at radius 2 is 2.00 bits per heavy atom. The Balaban J connectivity index is 4.55. The molecule has 0 bridgehead atoms. The van der Waals surface area contributed by atoms with Gasteiger partial charge in [-0.25, -0.2) is 0 Å². The lowest BCUT2D eigenvalue weighted by Gasteiger charge is -2.21. The van der Waals surface area contributed by atoms with Gasteiger partial charge in [0.25, 0.3) is 0 Å². The third kappa shape index (κ3) is 5.06. The Bertz CT molecular complexity index is 220. The molecule has 0 N–H and O–H groups in total. The summed E-state index contributed by atoms with van der Waals surface area (Å²) in [6.07, 6.45) is 12.2. The fraction of sp³-hybridized carbons (Fsp3) is 0.571. The minimum Gasteiger partial charge on any atom is -0.102 e. The Hall–Kier alpha value is -0.780. The summed E-state index contributed by atoms with van der Waals surface area (Å²) in [5.74, 6) is 0. The van der Waals surface area contributed by atoms with Crippen LogP contribution in [0.25, 0.3) is 0 Å². The highest BCUT2D eigenvalue weighted by molar-refractivity contribution is 5.21. The molecule has 0 saturated heterocycles. The van der Waals surface area contributed by atoms with Gasteiger partial charge in [0.15, 0.2) is 0 Å². The zero-order valence-corrected chi connectivity index (χ0v) is 10.1. The van der Waals surface area contributed by atoms with Crippen LogP contribution >= 0.6 is 0 Å². The second kappa shape index (κ2) is 6.64. The van der Waals surface area contributed by atoms with E-state index in [1.807, 2.05) is 0 Å². The minimum atomic E-state index is 0.164. The molecule has 0 spiro atoms. The molecular weight excluding hydrogens is 168 g/mol. The van der Waals surface area contributed by atoms with Gasteiger partial charge in [-0.15, -0.1) is 6.58 Å². The molecule has 0 aliphatic heterocycles. The molecule has 1 unspecified atom stereocenters. The Kier molecular flexibility index (Phi) is 6.27. The van der Waals surface area contributed by atoms with Crippen molar-refractivity contribution in [3.05, 3.63) is 36.5 Å². The van der Waals surface area contributed by atoms with Crippen molar-refractivity contribution in [2.75, 3.05) is 0 Å². The van der Waals surface area contributed by atoms with Gasteiger partial charge in [-0.05, 0) is 19.8 Å². The molecule has 0 heterocycles. The lowest BCUT2D eigenvalue weighted by molar-refractivity contribution is 0.491. The third-order valence-corrected chi connectivity index (χ3v) is 2.43. The lowest BCUT2D eigenvalue weighted by atomic mass is 9.84. The largest absolute Gasteiger partial charge is 0.102 e. The molecule has 0 fully saturated rings. The van der Waals surface area contributed by atoms with Crippen LogP contribution in [-0.4, -0.2) is 0 Å². The van der Waals surface area contributed by atoms with Crippen molar-refractivity contribution in [2.45, 2.75) is 47.0 Å². The van der Waals surface area contributed by atoms with Crippen molar-refractivity contribution in [3.8, 4) is 0 Å². The first-order chi connectivity index (χ1) is 6.58. The molecule has 0 rings (SSSR count). The van der Waals surface area contributed by atoms with Gasteiger partial charge in [0, 0.05) is 5.41 Å². The summed E-state index contributed by atoms with van der Waals surface area (Å²) < 4.78 is 0. The topological polar surface area (TPSA) is 0 Å². The molecule has 0 nitrogen and oxygen atoms in total. The maximum Gasteiger partial charge on any atom is 0.00356 e. The van der Waals surface area contributed by atoms with Crippen LogP contribution in [0, 0.1) is 5.41 Å². The zero-order valence-electron chi connectivity index (χ0n) is 10.1. The van der Waals surface area contributed by atoms with Gasteiger partial charge in [-0.2, -0.15) is 0 Å². The molecule has 0 amide bonds. The van der Waals surface area contributed by atoms with Gasteiger partial charge in [0.05, 0.1) is 0 Å². The number of allylic oxidation sites excluding steroid dienone is 5. The van der Waals surface area contributed by atoms with Crippen molar-refractivity contribution < 1.29 is 0 Å². The quantitative estimate of drug-likeness (QED) is 0.415. The molecule has 0 aromatic rings. The van der Waals surface area contributed by atoms with Crippen LogP contribution in [0.3, 0.4) is 0 Å². The summed E-state index contributed by atoms with van der Waals surface area (Å²) in [4.78, 5) is 0. The fourth-order valence-corrected chi connectivity index (χ4v) is 1.64. The van der Waals surface area contributed by atoms with Crippen LogP contribution in [-0.2, 0) is 0 Å². The van der Waals surface area contributed by atoms with Crippen LogP contribution in [0.2, 0.25) is 0 Å². The zero-order chi connectivity index (χ0) is 11.0. The third-order valence-electron chi connectivity index (χ3n) is 2.43. The van der Waals surface area contributed by atoms with Gasteiger partial charge in [0.2, 0.25) is 0 Å². The Labute approximate surface area is 89.4 Å². The maximum absolute atomic E-state index is 3.92. The molecule has 0 heteroatoms. The maximum atomic E-state index is 3.92. The van der Waals surface area contributed by atoms with Crippen molar-refractivity contribution >= 4 is 0 Å². The van der Waals surface area contributed by atoms with Gasteiger partial charge in [-0.1, -0.05) is 57.1 Å². The summed E-state index contributed by atoms with van der Waals surface area (Å²) in [5.41, 5.74) is 1.50. The van der Waals surface area contributed by atoms with E-state index in [-0.39, 0.29) is 5.41 Å². The average Bonchev–Trinajstić information content (AvgIpc) is 2.15. The second-order valence-corrected chi connectivity index (χ2v) is 4.16. The van der Waals surface area contributed by atoms with Crippen molar-refractivity contribution in [3.63, 3.8) is 0 Å². The van der Waals surface area contributed by atoms with Crippen LogP contribution in [0.1, 0.15) is 47.0 Å². The van der Waals surface area contributed by atoms with E-state index in [1.54, 1.807) is 0 Å². The van der Waals surface area contributed by atoms with E-state index in [2.05, 4.69) is 58.6 Å². The van der Waals surface area contributed by atoms with Gasteiger partial charge in [-0.3, -0.25) is 0 Å². The highest BCUT2D eigenvalue weighted by Crippen LogP contribution is 2.27. The number of hydrogen-bond acceptors (Lipinski definition) is 0. The monoisotopic (exact) mass is 192 g/mol. The normalized spacial score (nSPS) is 17.0. The van der Waals surface area contributed by atoms with Crippen molar-refractivity contribution in [2.24, 2.45) is 5.41 Å². The van der Waals surface area contributed by atoms with Crippen LogP contribution in [0.4, 0.5) is 0 Å². The van der Waals surface area contributed by atoms with E-state index in [0.717, 1.165) is 6.42 Å². The standard InChI is InChI=1S/C14H24/c1-6-9-10-13(4)12-14(5,8-3)11-7-2/h8-10,12H,3,6-7,11H2,1-2,4-5H3. The molecule has 0 aliphatic rings. The van der Waals surface area contributed by atoms with E-state index < -0.39 is 0 Å². The smallest absolute Gasteiger partial charge is 0.00356 e. The fourth-order valence-electron chi connectivity index (χ4n) is 1.64. The highest BCUT2D eigenvalue weighted by Gasteiger charge is 2.14. The van der Waals surface area contributed by atoms with Gasteiger partial charge >= 0.3 is 0 Å². The number of hydrogen-bond donors (Lipinski definition) is 0. The first-order valence-electron chi connectivity index (χ1n) is 5.57. The molecular formula is C14H24. The van der Waals surface area contributed by atoms with Crippen LogP contribution in [0.15, 0.2) is 36.5 Å². The minimum absolute atomic E-state index is 0.164. The van der Waals surface area contributed by atoms with Crippen molar-refractivity contribution in [1.82, 2.24) is 0 Å². The second-order valence-electron chi connectivity index (χ2n) is 4.16. The molecule has 14 heavy (non-hydrogen) atoms. The summed E-state index contributed by atoms with van der Waals surface area (Å²) in [5, 5.41) is 0. The highest BCUT2D eigenvalue weighted by atomic mass is 14.2. The van der Waals surface area contributed by atoms with E-state index in [0.29, 0.717) is 0 Å². The van der Waals surface area contributed by atoms with Crippen molar-refractivity contribution in [1.29, 1.82) is 0 Å². The van der Waals surface area contributed by atoms with E-state index in [4.69, 9.17) is 0 Å². The summed E-state index contributed by atoms with van der Waals surface area (Å²) >= 11 is 0. The SMILES string of the molecule is C=CC(C)(C=C(C)C=CCC)CCC. The first kappa shape index (κ1) is 13.2. The summed E-state index contributed by atoms with van der Waals surface area (Å²) in [6, 6.07) is 0. The predicted octanol–water partition coefficient (Wildman–Crippen LogP) is 4.89.